The molecule has 1 N–H and O–H groups in total. The van der Waals surface area contributed by atoms with Crippen LogP contribution in [0, 0.1) is 12.8 Å². The number of aryl methyl sites for hydroxylation is 1. The van der Waals surface area contributed by atoms with Crippen LogP contribution >= 0.6 is 15.9 Å². The van der Waals surface area contributed by atoms with Gasteiger partial charge < -0.3 is 9.63 Å². The molecule has 2 aromatic rings. The van der Waals surface area contributed by atoms with Gasteiger partial charge in [0.25, 0.3) is 0 Å². The molecule has 3 unspecified atom stereocenters. The zero-order chi connectivity index (χ0) is 15.3. The molecule has 1 aliphatic heterocycles. The summed E-state index contributed by atoms with van der Waals surface area (Å²) in [6, 6.07) is 10.7. The molecule has 2 aliphatic rings. The van der Waals surface area contributed by atoms with Crippen molar-refractivity contribution in [1.29, 1.82) is 0 Å². The Morgan fingerprint density at radius 2 is 2.23 bits per heavy atom. The number of nitrogens with zero attached hydrogens (tertiary/aromatic N) is 2. The van der Waals surface area contributed by atoms with E-state index in [0.29, 0.717) is 22.3 Å². The molecule has 2 heterocycles. The Labute approximate surface area is 138 Å². The molecule has 116 valence electrons. The average Bonchev–Trinajstić information content (AvgIpc) is 2.84. The lowest BCUT2D eigenvalue weighted by molar-refractivity contribution is 0.0929. The number of likely N-dealkylation sites (tertiary alicyclic amines) is 1. The minimum Gasteiger partial charge on any atom is -0.384 e. The minimum absolute atomic E-state index is 0.315. The van der Waals surface area contributed by atoms with Crippen LogP contribution in [0.3, 0.4) is 0 Å². The van der Waals surface area contributed by atoms with Gasteiger partial charge in [0.1, 0.15) is 10.7 Å². The van der Waals surface area contributed by atoms with Crippen LogP contribution in [-0.2, 0) is 5.41 Å². The average molecular weight is 363 g/mol. The maximum atomic E-state index is 10.3. The molecule has 5 heteroatoms. The number of aromatic nitrogens is 1. The lowest BCUT2D eigenvalue weighted by Crippen LogP contribution is -2.30. The first-order valence-corrected chi connectivity index (χ1v) is 8.46. The molecule has 4 rings (SSSR count). The number of fused-ring (bicyclic) bond motifs is 1. The van der Waals surface area contributed by atoms with Gasteiger partial charge in [0.2, 0.25) is 0 Å². The fourth-order valence-corrected chi connectivity index (χ4v) is 4.11. The number of rotatable bonds is 4. The third kappa shape index (κ3) is 2.41. The van der Waals surface area contributed by atoms with E-state index in [1.54, 1.807) is 6.07 Å². The minimum atomic E-state index is -0.619. The second-order valence-corrected chi connectivity index (χ2v) is 7.50. The van der Waals surface area contributed by atoms with Crippen molar-refractivity contribution in [3.05, 3.63) is 51.8 Å². The van der Waals surface area contributed by atoms with Crippen LogP contribution in [0.4, 0.5) is 0 Å². The highest BCUT2D eigenvalue weighted by Gasteiger charge is 2.60. The van der Waals surface area contributed by atoms with Gasteiger partial charge in [0.05, 0.1) is 0 Å². The molecule has 1 aliphatic carbocycles. The van der Waals surface area contributed by atoms with Gasteiger partial charge in [0, 0.05) is 31.1 Å². The summed E-state index contributed by atoms with van der Waals surface area (Å²) in [5.41, 5.74) is 3.07. The number of piperidine rings is 1. The van der Waals surface area contributed by atoms with E-state index < -0.39 is 6.10 Å². The lowest BCUT2D eigenvalue weighted by atomic mass is 9.94. The second-order valence-electron chi connectivity index (χ2n) is 6.69. The van der Waals surface area contributed by atoms with Crippen LogP contribution in [0.15, 0.2) is 39.5 Å². The number of hydrogen-bond donors (Lipinski definition) is 1. The zero-order valence-corrected chi connectivity index (χ0v) is 14.1. The largest absolute Gasteiger partial charge is 0.384 e. The Kier molecular flexibility index (Phi) is 3.40. The van der Waals surface area contributed by atoms with Crippen molar-refractivity contribution < 1.29 is 9.63 Å². The topological polar surface area (TPSA) is 49.5 Å². The SMILES string of the molecule is Cc1ccc(C23CC2CN(CC(O)c2cc(Br)no2)C3)cc1. The van der Waals surface area contributed by atoms with Crippen molar-refractivity contribution >= 4 is 15.9 Å². The van der Waals surface area contributed by atoms with E-state index in [1.165, 1.54) is 17.5 Å². The summed E-state index contributed by atoms with van der Waals surface area (Å²) in [6.07, 6.45) is 0.655. The molecular weight excluding hydrogens is 344 g/mol. The van der Waals surface area contributed by atoms with Gasteiger partial charge in [-0.15, -0.1) is 0 Å². The molecule has 4 nitrogen and oxygen atoms in total. The van der Waals surface area contributed by atoms with Gasteiger partial charge in [-0.3, -0.25) is 4.90 Å². The van der Waals surface area contributed by atoms with Crippen molar-refractivity contribution in [2.45, 2.75) is 24.9 Å². The smallest absolute Gasteiger partial charge is 0.167 e. The summed E-state index contributed by atoms with van der Waals surface area (Å²) in [6.45, 7) is 4.80. The third-order valence-corrected chi connectivity index (χ3v) is 5.48. The molecule has 0 bridgehead atoms. The maximum absolute atomic E-state index is 10.3. The third-order valence-electron chi connectivity index (χ3n) is 5.10. The van der Waals surface area contributed by atoms with Crippen LogP contribution in [0.1, 0.15) is 29.4 Å². The van der Waals surface area contributed by atoms with E-state index in [2.05, 4.69) is 57.2 Å². The van der Waals surface area contributed by atoms with Gasteiger partial charge in [-0.1, -0.05) is 35.0 Å². The molecule has 0 amide bonds. The molecule has 22 heavy (non-hydrogen) atoms. The van der Waals surface area contributed by atoms with Crippen molar-refractivity contribution in [2.75, 3.05) is 19.6 Å². The molecular formula is C17H19BrN2O2. The zero-order valence-electron chi connectivity index (χ0n) is 12.5. The molecule has 0 spiro atoms. The van der Waals surface area contributed by atoms with Gasteiger partial charge >= 0.3 is 0 Å². The van der Waals surface area contributed by atoms with Gasteiger partial charge in [-0.2, -0.15) is 0 Å². The summed E-state index contributed by atoms with van der Waals surface area (Å²) in [4.78, 5) is 2.34. The Bertz CT molecular complexity index is 684. The molecule has 2 fully saturated rings. The van der Waals surface area contributed by atoms with Crippen molar-refractivity contribution in [1.82, 2.24) is 10.1 Å². The quantitative estimate of drug-likeness (QED) is 0.907. The summed E-state index contributed by atoms with van der Waals surface area (Å²) >= 11 is 3.25. The van der Waals surface area contributed by atoms with E-state index in [9.17, 15) is 5.11 Å². The molecule has 3 atom stereocenters. The molecule has 1 saturated heterocycles. The predicted molar refractivity (Wildman–Crippen MR) is 86.6 cm³/mol. The number of benzene rings is 1. The van der Waals surface area contributed by atoms with Crippen LogP contribution < -0.4 is 0 Å². The Morgan fingerprint density at radius 3 is 2.91 bits per heavy atom. The number of aliphatic hydroxyl groups excluding tert-OH is 1. The fraction of sp³-hybridized carbons (Fsp3) is 0.471. The predicted octanol–water partition coefficient (Wildman–Crippen LogP) is 3.05. The summed E-state index contributed by atoms with van der Waals surface area (Å²) in [5, 5.41) is 14.1. The summed E-state index contributed by atoms with van der Waals surface area (Å²) in [5.74, 6) is 1.25. The number of aliphatic hydroxyl groups is 1. The van der Waals surface area contributed by atoms with Crippen molar-refractivity contribution in [2.24, 2.45) is 5.92 Å². The molecule has 1 saturated carbocycles. The monoisotopic (exact) mass is 362 g/mol. The standard InChI is InChI=1S/C17H19BrN2O2/c1-11-2-4-12(5-3-11)17-7-13(17)8-20(10-17)9-14(21)15-6-16(18)19-22-15/h2-6,13-14,21H,7-10H2,1H3. The highest BCUT2D eigenvalue weighted by molar-refractivity contribution is 9.10. The maximum Gasteiger partial charge on any atom is 0.167 e. The Balaban J connectivity index is 1.44. The van der Waals surface area contributed by atoms with E-state index in [-0.39, 0.29) is 0 Å². The van der Waals surface area contributed by atoms with Gasteiger partial charge in [-0.05, 0) is 40.8 Å². The highest BCUT2D eigenvalue weighted by Crippen LogP contribution is 2.59. The fourth-order valence-electron chi connectivity index (χ4n) is 3.82. The molecule has 0 radical (unpaired) electrons. The van der Waals surface area contributed by atoms with E-state index in [0.717, 1.165) is 19.0 Å². The Morgan fingerprint density at radius 1 is 1.45 bits per heavy atom. The van der Waals surface area contributed by atoms with Crippen molar-refractivity contribution in [3.8, 4) is 0 Å². The summed E-state index contributed by atoms with van der Waals surface area (Å²) in [7, 11) is 0. The first-order chi connectivity index (χ1) is 10.6. The number of β-amino-alcohol motifs (C(OH)–C–C–N with tert-alkyl or cyclic N) is 1. The van der Waals surface area contributed by atoms with Crippen molar-refractivity contribution in [3.63, 3.8) is 0 Å². The highest BCUT2D eigenvalue weighted by atomic mass is 79.9. The van der Waals surface area contributed by atoms with Crippen LogP contribution in [0.5, 0.6) is 0 Å². The summed E-state index contributed by atoms with van der Waals surface area (Å²) < 4.78 is 5.75. The number of halogens is 1. The van der Waals surface area contributed by atoms with Crippen LogP contribution in [0.25, 0.3) is 0 Å². The Hall–Kier alpha value is -1.17. The molecule has 1 aromatic carbocycles. The van der Waals surface area contributed by atoms with E-state index >= 15 is 0 Å². The number of hydrogen-bond acceptors (Lipinski definition) is 4. The van der Waals surface area contributed by atoms with Gasteiger partial charge in [-0.25, -0.2) is 0 Å². The van der Waals surface area contributed by atoms with Gasteiger partial charge in [0.15, 0.2) is 5.76 Å². The second kappa shape index (κ2) is 5.18. The molecule has 1 aromatic heterocycles. The van der Waals surface area contributed by atoms with Crippen LogP contribution in [-0.4, -0.2) is 34.8 Å². The van der Waals surface area contributed by atoms with E-state index in [4.69, 9.17) is 4.52 Å². The first kappa shape index (κ1) is 14.4. The normalized spacial score (nSPS) is 28.6. The van der Waals surface area contributed by atoms with Crippen LogP contribution in [0.2, 0.25) is 0 Å². The first-order valence-electron chi connectivity index (χ1n) is 7.66. The van der Waals surface area contributed by atoms with E-state index in [1.807, 2.05) is 0 Å². The lowest BCUT2D eigenvalue weighted by Gasteiger charge is -2.22.